The van der Waals surface area contributed by atoms with E-state index in [1.54, 1.807) is 33.0 Å². The van der Waals surface area contributed by atoms with E-state index in [1.165, 1.54) is 0 Å². The maximum absolute atomic E-state index is 14.4. The summed E-state index contributed by atoms with van der Waals surface area (Å²) in [6, 6.07) is 6.47. The number of Topliss-reactive ketones (excluding diaryl/α,β-unsaturated/α-hetero) is 2. The van der Waals surface area contributed by atoms with E-state index >= 15 is 0 Å². The fraction of sp³-hybridized carbons (Fsp3) is 0.600. The van der Waals surface area contributed by atoms with Gasteiger partial charge in [0.1, 0.15) is 41.9 Å². The van der Waals surface area contributed by atoms with Gasteiger partial charge in [-0.25, -0.2) is 0 Å². The van der Waals surface area contributed by atoms with Crippen LogP contribution in [0.25, 0.3) is 11.4 Å². The second-order valence-electron chi connectivity index (χ2n) is 13.7. The Balaban J connectivity index is 1.42. The lowest BCUT2D eigenvalue weighted by atomic mass is 9.62. The van der Waals surface area contributed by atoms with Gasteiger partial charge >= 0.3 is 11.9 Å². The van der Waals surface area contributed by atoms with Gasteiger partial charge in [0.2, 0.25) is 5.76 Å². The summed E-state index contributed by atoms with van der Waals surface area (Å²) in [4.78, 5) is 58.6. The van der Waals surface area contributed by atoms with E-state index in [2.05, 4.69) is 27.3 Å². The molecule has 0 radical (unpaired) electrons. The number of nitrogens with one attached hydrogen (secondary N) is 1. The van der Waals surface area contributed by atoms with E-state index in [0.717, 1.165) is 0 Å². The zero-order valence-corrected chi connectivity index (χ0v) is 27.5. The van der Waals surface area contributed by atoms with Crippen molar-refractivity contribution in [3.63, 3.8) is 0 Å². The number of pyridine rings is 1. The lowest BCUT2D eigenvalue weighted by Crippen LogP contribution is -2.56. The summed E-state index contributed by atoms with van der Waals surface area (Å²) in [7, 11) is 0. The molecule has 1 unspecified atom stereocenters. The standard InChI is InChI=1S/C35H43N3O8/c1-8-26-35(7)29-27(32(42)45-35)37-19-34(29,6)30(40)21(3)18-33(5,17-20(2)28(39)22(4)31(41)44-26)43-15-11-12-23-16-25(38-46-23)24-13-9-10-14-36-24/h9-10,13-14,16,20-22,26-27,29,37H,8,15,17-19H2,1-7H3/t20-,21-,22-,26+,27-,29?,33+,34-,35-/m1/s1. The van der Waals surface area contributed by atoms with Gasteiger partial charge in [-0.3, -0.25) is 24.2 Å². The Hall–Kier alpha value is -3.88. The van der Waals surface area contributed by atoms with Crippen LogP contribution in [0, 0.1) is 40.9 Å². The minimum atomic E-state index is -1.26. The number of nitrogens with zero attached hydrogens (tertiary/aromatic N) is 2. The van der Waals surface area contributed by atoms with Gasteiger partial charge in [0.25, 0.3) is 0 Å². The second kappa shape index (κ2) is 12.7. The van der Waals surface area contributed by atoms with E-state index in [9.17, 15) is 19.2 Å². The van der Waals surface area contributed by atoms with E-state index in [1.807, 2.05) is 45.9 Å². The molecule has 0 aromatic carbocycles. The first-order valence-electron chi connectivity index (χ1n) is 16.0. The lowest BCUT2D eigenvalue weighted by molar-refractivity contribution is -0.186. The van der Waals surface area contributed by atoms with E-state index in [0.29, 0.717) is 30.0 Å². The third-order valence-corrected chi connectivity index (χ3v) is 10.1. The SMILES string of the molecule is CC[C@@H]1OC(=O)[C@H](C)C(=O)[C@H](C)C[C@](C)(OCC#Cc2cc(-c3ccccn3)no2)C[C@@H](C)C(=O)[C@]2(C)CN[C@H]3C(=O)O[C@@]1(C)C32. The molecule has 9 atom stereocenters. The molecule has 2 aromatic rings. The highest BCUT2D eigenvalue weighted by molar-refractivity contribution is 5.99. The lowest BCUT2D eigenvalue weighted by Gasteiger charge is -2.43. The Bertz CT molecular complexity index is 1560. The molecule has 3 aliphatic heterocycles. The van der Waals surface area contributed by atoms with Crippen LogP contribution < -0.4 is 5.32 Å². The van der Waals surface area contributed by atoms with Crippen molar-refractivity contribution in [2.24, 2.45) is 29.1 Å². The van der Waals surface area contributed by atoms with Crippen molar-refractivity contribution in [1.82, 2.24) is 15.5 Å². The van der Waals surface area contributed by atoms with Crippen molar-refractivity contribution in [2.45, 2.75) is 91.1 Å². The minimum absolute atomic E-state index is 0.00233. The quantitative estimate of drug-likeness (QED) is 0.297. The zero-order chi connectivity index (χ0) is 33.4. The summed E-state index contributed by atoms with van der Waals surface area (Å²) in [5, 5.41) is 7.25. The molecule has 0 aliphatic carbocycles. The van der Waals surface area contributed by atoms with Crippen molar-refractivity contribution in [3.8, 4) is 23.2 Å². The number of rotatable bonds is 4. The van der Waals surface area contributed by atoms with Gasteiger partial charge in [-0.05, 0) is 58.1 Å². The first-order valence-corrected chi connectivity index (χ1v) is 16.0. The van der Waals surface area contributed by atoms with Crippen LogP contribution in [0.15, 0.2) is 35.0 Å². The topological polar surface area (TPSA) is 147 Å². The molecule has 3 aliphatic rings. The summed E-state index contributed by atoms with van der Waals surface area (Å²) in [6.07, 6.45) is 1.74. The normalized spacial score (nSPS) is 36.7. The van der Waals surface area contributed by atoms with Crippen LogP contribution in [-0.4, -0.2) is 70.1 Å². The summed E-state index contributed by atoms with van der Waals surface area (Å²) in [5.41, 5.74) is -1.98. The molecule has 0 bridgehead atoms. The highest BCUT2D eigenvalue weighted by Gasteiger charge is 2.69. The van der Waals surface area contributed by atoms with E-state index in [4.69, 9.17) is 18.7 Å². The van der Waals surface area contributed by atoms with E-state index < -0.39 is 64.4 Å². The van der Waals surface area contributed by atoms with Gasteiger partial charge in [-0.1, -0.05) is 44.8 Å². The second-order valence-corrected chi connectivity index (χ2v) is 13.7. The third-order valence-electron chi connectivity index (χ3n) is 10.1. The van der Waals surface area contributed by atoms with E-state index in [-0.39, 0.29) is 31.1 Å². The van der Waals surface area contributed by atoms with Crippen molar-refractivity contribution < 1.29 is 37.9 Å². The predicted molar refractivity (Wildman–Crippen MR) is 166 cm³/mol. The predicted octanol–water partition coefficient (Wildman–Crippen LogP) is 3.94. The largest absolute Gasteiger partial charge is 0.458 e. The highest BCUT2D eigenvalue weighted by atomic mass is 16.6. The zero-order valence-electron chi connectivity index (χ0n) is 27.5. The molecule has 11 nitrogen and oxygen atoms in total. The number of hydrogen-bond acceptors (Lipinski definition) is 11. The molecule has 2 aromatic heterocycles. The Morgan fingerprint density at radius 2 is 1.76 bits per heavy atom. The Labute approximate surface area is 269 Å². The average Bonchev–Trinajstić information content (AvgIpc) is 3.72. The number of aromatic nitrogens is 2. The third kappa shape index (κ3) is 6.13. The maximum Gasteiger partial charge on any atom is 0.324 e. The average molecular weight is 634 g/mol. The minimum Gasteiger partial charge on any atom is -0.458 e. The summed E-state index contributed by atoms with van der Waals surface area (Å²) in [5.74, 6) is 2.03. The summed E-state index contributed by atoms with van der Waals surface area (Å²) in [6.45, 7) is 12.7. The number of ether oxygens (including phenoxy) is 3. The fourth-order valence-electron chi connectivity index (χ4n) is 7.90. The van der Waals surface area contributed by atoms with Crippen LogP contribution in [0.4, 0.5) is 0 Å². The van der Waals surface area contributed by atoms with Crippen LogP contribution in [0.1, 0.15) is 73.5 Å². The van der Waals surface area contributed by atoms with Gasteiger partial charge in [-0.15, -0.1) is 0 Å². The first-order chi connectivity index (χ1) is 21.7. The molecule has 1 N–H and O–H groups in total. The molecular formula is C35H43N3O8. The molecule has 3 fully saturated rings. The monoisotopic (exact) mass is 633 g/mol. The molecule has 3 saturated heterocycles. The first kappa shape index (κ1) is 33.5. The van der Waals surface area contributed by atoms with Crippen LogP contribution in [0.3, 0.4) is 0 Å². The van der Waals surface area contributed by atoms with Crippen molar-refractivity contribution >= 4 is 23.5 Å². The number of ketones is 2. The molecular weight excluding hydrogens is 590 g/mol. The van der Waals surface area contributed by atoms with Crippen LogP contribution in [0.5, 0.6) is 0 Å². The highest BCUT2D eigenvalue weighted by Crippen LogP contribution is 2.53. The number of cyclic esters (lactones) is 1. The maximum atomic E-state index is 14.4. The number of carbonyl (C=O) groups excluding carboxylic acids is 4. The van der Waals surface area contributed by atoms with Gasteiger partial charge in [0.05, 0.1) is 11.3 Å². The molecule has 246 valence electrons. The summed E-state index contributed by atoms with van der Waals surface area (Å²) >= 11 is 0. The van der Waals surface area contributed by atoms with Gasteiger partial charge < -0.3 is 24.1 Å². The van der Waals surface area contributed by atoms with Crippen LogP contribution in [0.2, 0.25) is 0 Å². The Kier molecular flexibility index (Phi) is 9.26. The van der Waals surface area contributed by atoms with Crippen LogP contribution in [-0.2, 0) is 33.4 Å². The van der Waals surface area contributed by atoms with Crippen molar-refractivity contribution in [2.75, 3.05) is 13.2 Å². The number of esters is 2. The molecule has 0 saturated carbocycles. The molecule has 5 heterocycles. The molecule has 46 heavy (non-hydrogen) atoms. The Morgan fingerprint density at radius 1 is 1.02 bits per heavy atom. The van der Waals surface area contributed by atoms with Gasteiger partial charge in [0.15, 0.2) is 5.60 Å². The molecule has 5 rings (SSSR count). The fourth-order valence-corrected chi connectivity index (χ4v) is 7.90. The van der Waals surface area contributed by atoms with Crippen molar-refractivity contribution in [3.05, 3.63) is 36.2 Å². The summed E-state index contributed by atoms with van der Waals surface area (Å²) < 4.78 is 23.6. The van der Waals surface area contributed by atoms with Gasteiger partial charge in [-0.2, -0.15) is 0 Å². The number of hydrogen-bond donors (Lipinski definition) is 1. The Morgan fingerprint density at radius 3 is 2.46 bits per heavy atom. The number of carbonyl (C=O) groups is 4. The molecule has 0 amide bonds. The molecule has 0 spiro atoms. The molecule has 11 heteroatoms. The van der Waals surface area contributed by atoms with Crippen LogP contribution >= 0.6 is 0 Å². The van der Waals surface area contributed by atoms with Crippen molar-refractivity contribution in [1.29, 1.82) is 0 Å². The van der Waals surface area contributed by atoms with Gasteiger partial charge in [0, 0.05) is 42.0 Å². The smallest absolute Gasteiger partial charge is 0.324 e.